The molecule has 1 rings (SSSR count). The van der Waals surface area contributed by atoms with E-state index >= 15 is 0 Å². The predicted octanol–water partition coefficient (Wildman–Crippen LogP) is 3.63. The molecule has 0 aliphatic rings. The average Bonchev–Trinajstić information content (AvgIpc) is 2.52. The van der Waals surface area contributed by atoms with Gasteiger partial charge in [-0.15, -0.1) is 24.0 Å². The summed E-state index contributed by atoms with van der Waals surface area (Å²) >= 11 is 0. The molecular formula is C17H28F3IN4. The van der Waals surface area contributed by atoms with E-state index in [-0.39, 0.29) is 36.6 Å². The summed E-state index contributed by atoms with van der Waals surface area (Å²) in [6.07, 6.45) is -5.03. The van der Waals surface area contributed by atoms with Gasteiger partial charge in [0.15, 0.2) is 5.96 Å². The molecular weight excluding hydrogens is 444 g/mol. The van der Waals surface area contributed by atoms with Gasteiger partial charge in [0.05, 0.1) is 13.0 Å². The summed E-state index contributed by atoms with van der Waals surface area (Å²) in [7, 11) is 2.01. The maximum atomic E-state index is 12.2. The van der Waals surface area contributed by atoms with Crippen LogP contribution in [0.25, 0.3) is 0 Å². The second-order valence-electron chi connectivity index (χ2n) is 5.76. The molecule has 0 amide bonds. The van der Waals surface area contributed by atoms with Crippen LogP contribution in [0.2, 0.25) is 0 Å². The first-order valence-corrected chi connectivity index (χ1v) is 8.15. The van der Waals surface area contributed by atoms with Crippen LogP contribution in [0.4, 0.5) is 13.2 Å². The quantitative estimate of drug-likeness (QED) is 0.345. The van der Waals surface area contributed by atoms with Crippen molar-refractivity contribution in [3.05, 3.63) is 35.9 Å². The summed E-state index contributed by atoms with van der Waals surface area (Å²) < 4.78 is 36.6. The van der Waals surface area contributed by atoms with E-state index in [2.05, 4.69) is 32.7 Å². The van der Waals surface area contributed by atoms with E-state index in [1.54, 1.807) is 0 Å². The maximum absolute atomic E-state index is 12.2. The van der Waals surface area contributed by atoms with Gasteiger partial charge in [-0.3, -0.25) is 9.89 Å². The number of halogens is 4. The third kappa shape index (κ3) is 11.2. The lowest BCUT2D eigenvalue weighted by Gasteiger charge is -2.24. The maximum Gasteiger partial charge on any atom is 0.390 e. The number of benzene rings is 1. The average molecular weight is 472 g/mol. The SMILES string of the molecule is CCNC(=NCC(C)N(C)Cc1ccccc1)NCCC(F)(F)F.I. The Kier molecular flexibility index (Phi) is 11.8. The van der Waals surface area contributed by atoms with E-state index < -0.39 is 12.6 Å². The summed E-state index contributed by atoms with van der Waals surface area (Å²) in [4.78, 5) is 6.55. The smallest absolute Gasteiger partial charge is 0.357 e. The molecule has 0 aromatic heterocycles. The first-order valence-electron chi connectivity index (χ1n) is 8.15. The van der Waals surface area contributed by atoms with Crippen LogP contribution in [0.1, 0.15) is 25.8 Å². The van der Waals surface area contributed by atoms with E-state index in [0.717, 1.165) is 6.54 Å². The summed E-state index contributed by atoms with van der Waals surface area (Å²) in [5.41, 5.74) is 1.21. The van der Waals surface area contributed by atoms with Crippen molar-refractivity contribution in [1.29, 1.82) is 0 Å². The van der Waals surface area contributed by atoms with Gasteiger partial charge in [0, 0.05) is 25.7 Å². The molecule has 8 heteroatoms. The molecule has 0 heterocycles. The number of likely N-dealkylation sites (N-methyl/N-ethyl adjacent to an activating group) is 1. The topological polar surface area (TPSA) is 39.7 Å². The van der Waals surface area contributed by atoms with E-state index in [4.69, 9.17) is 0 Å². The minimum Gasteiger partial charge on any atom is -0.357 e. The van der Waals surface area contributed by atoms with Crippen molar-refractivity contribution in [1.82, 2.24) is 15.5 Å². The largest absolute Gasteiger partial charge is 0.390 e. The molecule has 25 heavy (non-hydrogen) atoms. The highest BCUT2D eigenvalue weighted by molar-refractivity contribution is 14.0. The molecule has 0 saturated carbocycles. The molecule has 1 aromatic carbocycles. The van der Waals surface area contributed by atoms with Crippen molar-refractivity contribution in [3.63, 3.8) is 0 Å². The normalized spacial score (nSPS) is 13.3. The van der Waals surface area contributed by atoms with Gasteiger partial charge in [-0.25, -0.2) is 0 Å². The number of aliphatic imine (C=N–C) groups is 1. The minimum atomic E-state index is -4.16. The zero-order valence-corrected chi connectivity index (χ0v) is 17.3. The highest BCUT2D eigenvalue weighted by atomic mass is 127. The second kappa shape index (κ2) is 12.3. The van der Waals surface area contributed by atoms with Crippen molar-refractivity contribution in [2.75, 3.05) is 26.7 Å². The lowest BCUT2D eigenvalue weighted by molar-refractivity contribution is -0.132. The molecule has 1 unspecified atom stereocenters. The van der Waals surface area contributed by atoms with Crippen molar-refractivity contribution in [2.45, 2.75) is 39.0 Å². The number of hydrogen-bond donors (Lipinski definition) is 2. The summed E-state index contributed by atoms with van der Waals surface area (Å²) in [6.45, 7) is 5.66. The van der Waals surface area contributed by atoms with E-state index in [1.807, 2.05) is 39.1 Å². The third-order valence-electron chi connectivity index (χ3n) is 3.59. The fourth-order valence-electron chi connectivity index (χ4n) is 2.05. The Morgan fingerprint density at radius 3 is 2.40 bits per heavy atom. The highest BCUT2D eigenvalue weighted by Gasteiger charge is 2.26. The zero-order valence-electron chi connectivity index (χ0n) is 14.9. The molecule has 0 aliphatic carbocycles. The number of nitrogens with zero attached hydrogens (tertiary/aromatic N) is 2. The van der Waals surface area contributed by atoms with Gasteiger partial charge in [-0.1, -0.05) is 30.3 Å². The molecule has 0 radical (unpaired) electrons. The Morgan fingerprint density at radius 2 is 1.84 bits per heavy atom. The predicted molar refractivity (Wildman–Crippen MR) is 107 cm³/mol. The molecule has 0 saturated heterocycles. The van der Waals surface area contributed by atoms with Crippen molar-refractivity contribution in [3.8, 4) is 0 Å². The number of guanidine groups is 1. The van der Waals surface area contributed by atoms with Gasteiger partial charge in [-0.2, -0.15) is 13.2 Å². The van der Waals surface area contributed by atoms with E-state index in [1.165, 1.54) is 5.56 Å². The Labute approximate surface area is 165 Å². The molecule has 4 nitrogen and oxygen atoms in total. The van der Waals surface area contributed by atoms with Crippen LogP contribution >= 0.6 is 24.0 Å². The Morgan fingerprint density at radius 1 is 1.20 bits per heavy atom. The highest BCUT2D eigenvalue weighted by Crippen LogP contribution is 2.18. The molecule has 0 fully saturated rings. The minimum absolute atomic E-state index is 0. The van der Waals surface area contributed by atoms with Gasteiger partial charge < -0.3 is 10.6 Å². The first-order chi connectivity index (χ1) is 11.3. The number of hydrogen-bond acceptors (Lipinski definition) is 2. The van der Waals surface area contributed by atoms with Crippen LogP contribution in [0.3, 0.4) is 0 Å². The zero-order chi connectivity index (χ0) is 18.0. The lowest BCUT2D eigenvalue weighted by Crippen LogP contribution is -2.40. The van der Waals surface area contributed by atoms with Crippen molar-refractivity contribution < 1.29 is 13.2 Å². The number of rotatable bonds is 8. The molecule has 1 aromatic rings. The lowest BCUT2D eigenvalue weighted by atomic mass is 10.2. The Balaban J connectivity index is 0.00000576. The van der Waals surface area contributed by atoms with Gasteiger partial charge in [0.1, 0.15) is 0 Å². The third-order valence-corrected chi connectivity index (χ3v) is 3.59. The van der Waals surface area contributed by atoms with Crippen molar-refractivity contribution >= 4 is 29.9 Å². The number of alkyl halides is 3. The van der Waals surface area contributed by atoms with Crippen LogP contribution in [-0.2, 0) is 6.54 Å². The fraction of sp³-hybridized carbons (Fsp3) is 0.588. The summed E-state index contributed by atoms with van der Waals surface area (Å²) in [5.74, 6) is 0.418. The van der Waals surface area contributed by atoms with Gasteiger partial charge >= 0.3 is 6.18 Å². The molecule has 1 atom stereocenters. The van der Waals surface area contributed by atoms with Gasteiger partial charge in [-0.05, 0) is 26.5 Å². The Hall–Kier alpha value is -1.03. The van der Waals surface area contributed by atoms with Gasteiger partial charge in [0.25, 0.3) is 0 Å². The molecule has 2 N–H and O–H groups in total. The molecule has 144 valence electrons. The van der Waals surface area contributed by atoms with E-state index in [9.17, 15) is 13.2 Å². The van der Waals surface area contributed by atoms with Crippen LogP contribution in [0, 0.1) is 0 Å². The van der Waals surface area contributed by atoms with E-state index in [0.29, 0.717) is 19.0 Å². The van der Waals surface area contributed by atoms with Crippen LogP contribution in [0.15, 0.2) is 35.3 Å². The molecule has 0 aliphatic heterocycles. The van der Waals surface area contributed by atoms with Crippen LogP contribution in [0.5, 0.6) is 0 Å². The fourth-order valence-corrected chi connectivity index (χ4v) is 2.05. The molecule has 0 spiro atoms. The second-order valence-corrected chi connectivity index (χ2v) is 5.76. The monoisotopic (exact) mass is 472 g/mol. The van der Waals surface area contributed by atoms with Crippen LogP contribution in [-0.4, -0.2) is 49.8 Å². The Bertz CT molecular complexity index is 494. The van der Waals surface area contributed by atoms with Crippen molar-refractivity contribution in [2.24, 2.45) is 4.99 Å². The standard InChI is InChI=1S/C17H27F3N4.HI/c1-4-21-16(22-11-10-17(18,19)20)23-12-14(2)24(3)13-15-8-6-5-7-9-15;/h5-9,14H,4,10-13H2,1-3H3,(H2,21,22,23);1H. The summed E-state index contributed by atoms with van der Waals surface area (Å²) in [6, 6.07) is 10.3. The first kappa shape index (κ1) is 24.0. The molecule has 0 bridgehead atoms. The number of nitrogens with one attached hydrogen (secondary N) is 2. The van der Waals surface area contributed by atoms with Crippen LogP contribution < -0.4 is 10.6 Å². The summed E-state index contributed by atoms with van der Waals surface area (Å²) in [5, 5.41) is 5.69. The van der Waals surface area contributed by atoms with Gasteiger partial charge in [0.2, 0.25) is 0 Å².